The van der Waals surface area contributed by atoms with Gasteiger partial charge in [-0.1, -0.05) is 12.1 Å². The molecule has 0 radical (unpaired) electrons. The first-order chi connectivity index (χ1) is 11.4. The number of rotatable bonds is 11. The number of unbranched alkanes of at least 4 members (excludes halogenated alkanes) is 2. The molecule has 124 valence electrons. The van der Waals surface area contributed by atoms with Crippen molar-refractivity contribution in [2.24, 2.45) is 0 Å². The Morgan fingerprint density at radius 3 is 2.48 bits per heavy atom. The third-order valence-corrected chi connectivity index (χ3v) is 3.41. The Hall–Kier alpha value is -2.14. The van der Waals surface area contributed by atoms with Gasteiger partial charge in [0.15, 0.2) is 0 Å². The maximum Gasteiger partial charge on any atom is 0.250 e. The van der Waals surface area contributed by atoms with Crippen molar-refractivity contribution in [1.82, 2.24) is 9.55 Å². The minimum absolute atomic E-state index is 0.0568. The molecule has 5 heteroatoms. The summed E-state index contributed by atoms with van der Waals surface area (Å²) in [6.07, 6.45) is 7.40. The number of pyridine rings is 2. The van der Waals surface area contributed by atoms with Crippen LogP contribution in [0.5, 0.6) is 5.88 Å². The third kappa shape index (κ3) is 7.10. The first kappa shape index (κ1) is 17.2. The molecule has 0 fully saturated rings. The Bertz CT molecular complexity index is 598. The molecule has 0 atom stereocenters. The van der Waals surface area contributed by atoms with Gasteiger partial charge in [0.1, 0.15) is 0 Å². The largest absolute Gasteiger partial charge is 0.478 e. The van der Waals surface area contributed by atoms with Crippen LogP contribution in [-0.2, 0) is 11.3 Å². The molecule has 5 nitrogen and oxygen atoms in total. The van der Waals surface area contributed by atoms with Crippen LogP contribution in [0.2, 0.25) is 0 Å². The van der Waals surface area contributed by atoms with Crippen LogP contribution in [0.25, 0.3) is 0 Å². The molecule has 2 aromatic rings. The van der Waals surface area contributed by atoms with Gasteiger partial charge >= 0.3 is 0 Å². The van der Waals surface area contributed by atoms with E-state index < -0.39 is 0 Å². The van der Waals surface area contributed by atoms with Crippen LogP contribution >= 0.6 is 0 Å². The number of hydrogen-bond acceptors (Lipinski definition) is 4. The van der Waals surface area contributed by atoms with E-state index in [0.717, 1.165) is 45.4 Å². The highest BCUT2D eigenvalue weighted by molar-refractivity contribution is 5.08. The zero-order valence-electron chi connectivity index (χ0n) is 13.4. The van der Waals surface area contributed by atoms with E-state index in [4.69, 9.17) is 9.47 Å². The molecule has 23 heavy (non-hydrogen) atoms. The summed E-state index contributed by atoms with van der Waals surface area (Å²) >= 11 is 0. The van der Waals surface area contributed by atoms with E-state index in [1.54, 1.807) is 22.9 Å². The molecule has 0 aliphatic heterocycles. The highest BCUT2D eigenvalue weighted by Crippen LogP contribution is 2.04. The SMILES string of the molecule is O=c1ccccn1CCCCOCCCCOc1ccccn1. The van der Waals surface area contributed by atoms with Crippen molar-refractivity contribution < 1.29 is 9.47 Å². The van der Waals surface area contributed by atoms with Gasteiger partial charge in [0.2, 0.25) is 11.4 Å². The van der Waals surface area contributed by atoms with Gasteiger partial charge in [0, 0.05) is 44.3 Å². The highest BCUT2D eigenvalue weighted by Gasteiger charge is 1.96. The fraction of sp³-hybridized carbons (Fsp3) is 0.444. The average molecular weight is 316 g/mol. The minimum Gasteiger partial charge on any atom is -0.478 e. The summed E-state index contributed by atoms with van der Waals surface area (Å²) in [7, 11) is 0. The molecular weight excluding hydrogens is 292 g/mol. The van der Waals surface area contributed by atoms with E-state index in [2.05, 4.69) is 4.98 Å². The summed E-state index contributed by atoms with van der Waals surface area (Å²) in [6.45, 7) is 2.90. The van der Waals surface area contributed by atoms with Crippen LogP contribution in [0.1, 0.15) is 25.7 Å². The normalized spacial score (nSPS) is 10.6. The second-order valence-corrected chi connectivity index (χ2v) is 5.28. The molecule has 0 bridgehead atoms. The summed E-state index contributed by atoms with van der Waals surface area (Å²) in [6, 6.07) is 10.9. The van der Waals surface area contributed by atoms with Crippen molar-refractivity contribution >= 4 is 0 Å². The van der Waals surface area contributed by atoms with Gasteiger partial charge in [-0.05, 0) is 37.8 Å². The van der Waals surface area contributed by atoms with Crippen molar-refractivity contribution in [1.29, 1.82) is 0 Å². The number of nitrogens with zero attached hydrogens (tertiary/aromatic N) is 2. The van der Waals surface area contributed by atoms with Gasteiger partial charge in [0.25, 0.3) is 0 Å². The van der Waals surface area contributed by atoms with Crippen molar-refractivity contribution in [2.45, 2.75) is 32.2 Å². The maximum absolute atomic E-state index is 11.5. The molecule has 2 aromatic heterocycles. The van der Waals surface area contributed by atoms with Crippen LogP contribution in [0.15, 0.2) is 53.6 Å². The van der Waals surface area contributed by atoms with Crippen molar-refractivity contribution in [3.8, 4) is 5.88 Å². The molecule has 0 spiro atoms. The third-order valence-electron chi connectivity index (χ3n) is 3.41. The molecule has 0 saturated heterocycles. The average Bonchev–Trinajstić information content (AvgIpc) is 2.59. The molecule has 2 rings (SSSR count). The van der Waals surface area contributed by atoms with Gasteiger partial charge in [-0.3, -0.25) is 4.79 Å². The number of aromatic nitrogens is 2. The van der Waals surface area contributed by atoms with Crippen LogP contribution in [0, 0.1) is 0 Å². The van der Waals surface area contributed by atoms with Crippen LogP contribution in [-0.4, -0.2) is 29.4 Å². The van der Waals surface area contributed by atoms with Gasteiger partial charge in [-0.25, -0.2) is 4.98 Å². The Balaban J connectivity index is 1.41. The fourth-order valence-corrected chi connectivity index (χ4v) is 2.15. The predicted molar refractivity (Wildman–Crippen MR) is 89.7 cm³/mol. The first-order valence-corrected chi connectivity index (χ1v) is 8.13. The molecule has 0 aromatic carbocycles. The lowest BCUT2D eigenvalue weighted by Crippen LogP contribution is -2.17. The van der Waals surface area contributed by atoms with Gasteiger partial charge < -0.3 is 14.0 Å². The minimum atomic E-state index is 0.0568. The Kier molecular flexibility index (Phi) is 7.91. The first-order valence-electron chi connectivity index (χ1n) is 8.13. The standard InChI is InChI=1S/C18H24N2O3/c21-18-10-2-4-12-20(18)13-5-6-14-22-15-7-8-16-23-17-9-1-3-11-19-17/h1-4,9-12H,5-8,13-16H2. The smallest absolute Gasteiger partial charge is 0.250 e. The second-order valence-electron chi connectivity index (χ2n) is 5.28. The van der Waals surface area contributed by atoms with E-state index in [1.807, 2.05) is 30.5 Å². The molecule has 0 N–H and O–H groups in total. The molecule has 0 aliphatic carbocycles. The summed E-state index contributed by atoms with van der Waals surface area (Å²) < 4.78 is 12.8. The van der Waals surface area contributed by atoms with E-state index in [0.29, 0.717) is 12.5 Å². The zero-order valence-corrected chi connectivity index (χ0v) is 13.4. The van der Waals surface area contributed by atoms with Gasteiger partial charge in [-0.15, -0.1) is 0 Å². The highest BCUT2D eigenvalue weighted by atomic mass is 16.5. The number of aryl methyl sites for hydroxylation is 1. The molecular formula is C18H24N2O3. The van der Waals surface area contributed by atoms with Crippen molar-refractivity contribution in [3.05, 3.63) is 59.1 Å². The zero-order chi connectivity index (χ0) is 16.2. The lowest BCUT2D eigenvalue weighted by molar-refractivity contribution is 0.122. The number of ether oxygens (including phenoxy) is 2. The summed E-state index contributed by atoms with van der Waals surface area (Å²) in [4.78, 5) is 15.6. The van der Waals surface area contributed by atoms with Gasteiger partial charge in [-0.2, -0.15) is 0 Å². The Morgan fingerprint density at radius 1 is 0.913 bits per heavy atom. The topological polar surface area (TPSA) is 53.4 Å². The van der Waals surface area contributed by atoms with Crippen LogP contribution < -0.4 is 10.3 Å². The van der Waals surface area contributed by atoms with E-state index in [-0.39, 0.29) is 5.56 Å². The quantitative estimate of drug-likeness (QED) is 0.598. The van der Waals surface area contributed by atoms with Crippen molar-refractivity contribution in [2.75, 3.05) is 19.8 Å². The number of hydrogen-bond donors (Lipinski definition) is 0. The predicted octanol–water partition coefficient (Wildman–Crippen LogP) is 2.90. The van der Waals surface area contributed by atoms with Gasteiger partial charge in [0.05, 0.1) is 6.61 Å². The van der Waals surface area contributed by atoms with Crippen LogP contribution in [0.4, 0.5) is 0 Å². The Labute approximate surface area is 136 Å². The molecule has 0 unspecified atom stereocenters. The summed E-state index contributed by atoms with van der Waals surface area (Å²) in [5.41, 5.74) is 0.0568. The Morgan fingerprint density at radius 2 is 1.70 bits per heavy atom. The van der Waals surface area contributed by atoms with Crippen LogP contribution in [0.3, 0.4) is 0 Å². The van der Waals surface area contributed by atoms with E-state index in [1.165, 1.54) is 0 Å². The molecule has 0 aliphatic rings. The lowest BCUT2D eigenvalue weighted by atomic mass is 10.3. The van der Waals surface area contributed by atoms with Crippen molar-refractivity contribution in [3.63, 3.8) is 0 Å². The lowest BCUT2D eigenvalue weighted by Gasteiger charge is -2.07. The molecule has 2 heterocycles. The molecule has 0 saturated carbocycles. The summed E-state index contributed by atoms with van der Waals surface area (Å²) in [5.74, 6) is 0.671. The summed E-state index contributed by atoms with van der Waals surface area (Å²) in [5, 5.41) is 0. The second kappa shape index (κ2) is 10.6. The fourth-order valence-electron chi connectivity index (χ4n) is 2.15. The molecule has 0 amide bonds. The van der Waals surface area contributed by atoms with E-state index in [9.17, 15) is 4.79 Å². The monoisotopic (exact) mass is 316 g/mol. The maximum atomic E-state index is 11.5. The van der Waals surface area contributed by atoms with E-state index >= 15 is 0 Å².